The van der Waals surface area contributed by atoms with Crippen LogP contribution < -0.4 is 0 Å². The molecule has 0 spiro atoms. The molecule has 4 aromatic rings. The maximum absolute atomic E-state index is 14.7. The van der Waals surface area contributed by atoms with Gasteiger partial charge in [0.15, 0.2) is 5.78 Å². The summed E-state index contributed by atoms with van der Waals surface area (Å²) in [5.74, 6) is -1.74. The molecule has 8 nitrogen and oxygen atoms in total. The van der Waals surface area contributed by atoms with Crippen LogP contribution in [0.2, 0.25) is 0 Å². The summed E-state index contributed by atoms with van der Waals surface area (Å²) in [5.41, 5.74) is 2.39. The Labute approximate surface area is 222 Å². The van der Waals surface area contributed by atoms with Crippen LogP contribution >= 0.6 is 24.0 Å². The Hall–Kier alpha value is -3.00. The van der Waals surface area contributed by atoms with Gasteiger partial charge >= 0.3 is 0 Å². The normalized spacial score (nSPS) is 15.4. The fraction of sp³-hybridized carbons (Fsp3) is 0.160. The number of halogens is 2. The second-order valence-corrected chi connectivity index (χ2v) is 10.2. The molecule has 1 aromatic heterocycles. The monoisotopic (exact) mass is 619 g/mol. The van der Waals surface area contributed by atoms with Gasteiger partial charge in [0.05, 0.1) is 18.7 Å². The van der Waals surface area contributed by atoms with Crippen LogP contribution in [0.4, 0.5) is 4.39 Å². The van der Waals surface area contributed by atoms with Crippen molar-refractivity contribution in [2.45, 2.75) is 4.90 Å². The van der Waals surface area contributed by atoms with Crippen LogP contribution in [0.3, 0.4) is 0 Å². The summed E-state index contributed by atoms with van der Waals surface area (Å²) in [5, 5.41) is 5.07. The summed E-state index contributed by atoms with van der Waals surface area (Å²) in [4.78, 5) is 26.0. The molecule has 2 aliphatic rings. The van der Waals surface area contributed by atoms with E-state index >= 15 is 0 Å². The molecule has 11 heteroatoms. The van der Waals surface area contributed by atoms with E-state index in [0.29, 0.717) is 33.3 Å². The lowest BCUT2D eigenvalue weighted by molar-refractivity contribution is 0.0729. The van der Waals surface area contributed by atoms with Gasteiger partial charge in [-0.25, -0.2) is 12.8 Å². The number of morpholine rings is 1. The van der Waals surface area contributed by atoms with Crippen molar-refractivity contribution in [3.63, 3.8) is 0 Å². The van der Waals surface area contributed by atoms with Crippen LogP contribution in [0.1, 0.15) is 26.3 Å². The lowest BCUT2D eigenvalue weighted by atomic mass is 9.87. The highest BCUT2D eigenvalue weighted by Gasteiger charge is 2.32. The number of carbonyl (C=O) groups is 2. The Balaban J connectivity index is 0.00000267. The quantitative estimate of drug-likeness (QED) is 0.286. The van der Waals surface area contributed by atoms with Crippen LogP contribution in [-0.2, 0) is 14.8 Å². The van der Waals surface area contributed by atoms with Crippen LogP contribution in [0, 0.1) is 5.82 Å². The number of hydrogen-bond acceptors (Lipinski definition) is 6. The second-order valence-electron chi connectivity index (χ2n) is 8.30. The van der Waals surface area contributed by atoms with Crippen LogP contribution in [0.25, 0.3) is 22.2 Å². The summed E-state index contributed by atoms with van der Waals surface area (Å²) in [7, 11) is -4.17. The Morgan fingerprint density at radius 1 is 0.944 bits per heavy atom. The molecule has 0 atom stereocenters. The molecule has 6 rings (SSSR count). The van der Waals surface area contributed by atoms with Gasteiger partial charge in [0, 0.05) is 40.7 Å². The first-order valence-corrected chi connectivity index (χ1v) is 12.4. The van der Waals surface area contributed by atoms with Gasteiger partial charge in [0.25, 0.3) is 5.91 Å². The van der Waals surface area contributed by atoms with Gasteiger partial charge in [-0.15, -0.1) is 24.0 Å². The number of ketones is 1. The first-order chi connectivity index (χ1) is 16.9. The van der Waals surface area contributed by atoms with Crippen molar-refractivity contribution in [1.82, 2.24) is 14.1 Å². The van der Waals surface area contributed by atoms with Crippen molar-refractivity contribution in [2.75, 3.05) is 26.3 Å². The summed E-state index contributed by atoms with van der Waals surface area (Å²) in [6, 6.07) is 15.3. The van der Waals surface area contributed by atoms with Gasteiger partial charge in [0.1, 0.15) is 16.4 Å². The van der Waals surface area contributed by atoms with Crippen molar-refractivity contribution < 1.29 is 27.1 Å². The first-order valence-electron chi connectivity index (χ1n) is 11.0. The zero-order valence-electron chi connectivity index (χ0n) is 18.7. The van der Waals surface area contributed by atoms with Crippen molar-refractivity contribution in [2.24, 2.45) is 0 Å². The lowest BCUT2D eigenvalue weighted by Gasteiger charge is -2.26. The van der Waals surface area contributed by atoms with Crippen molar-refractivity contribution >= 4 is 56.6 Å². The second kappa shape index (κ2) is 9.14. The van der Waals surface area contributed by atoms with Gasteiger partial charge in [0.2, 0.25) is 10.0 Å². The average Bonchev–Trinajstić information content (AvgIpc) is 3.28. The van der Waals surface area contributed by atoms with Gasteiger partial charge in [-0.05, 0) is 24.3 Å². The maximum atomic E-state index is 14.7. The van der Waals surface area contributed by atoms with Crippen LogP contribution in [0.5, 0.6) is 0 Å². The highest BCUT2D eigenvalue weighted by molar-refractivity contribution is 14.0. The van der Waals surface area contributed by atoms with E-state index in [2.05, 4.69) is 5.10 Å². The molecule has 0 saturated carbocycles. The highest BCUT2D eigenvalue weighted by Crippen LogP contribution is 2.39. The van der Waals surface area contributed by atoms with E-state index in [9.17, 15) is 22.4 Å². The summed E-state index contributed by atoms with van der Waals surface area (Å²) in [6.07, 6.45) is 0. The minimum absolute atomic E-state index is 0. The molecular weight excluding hydrogens is 600 g/mol. The number of aromatic nitrogens is 2. The minimum atomic E-state index is -4.17. The molecule has 0 radical (unpaired) electrons. The van der Waals surface area contributed by atoms with E-state index in [1.807, 2.05) is 0 Å². The molecule has 2 heterocycles. The van der Waals surface area contributed by atoms with E-state index in [1.54, 1.807) is 42.5 Å². The Morgan fingerprint density at radius 2 is 1.64 bits per heavy atom. The standard InChI is InChI=1S/C25H18FN3O5S.HI/c26-19-9-8-15(14-21(19)35(32,33)28-10-12-34-13-11-28)25(31)29-20-7-3-6-18-22(20)23(27-29)16-4-1-2-5-17(16)24(18)30;/h1-9,14H,10-13H2;1H. The summed E-state index contributed by atoms with van der Waals surface area (Å²) < 4.78 is 48.3. The zero-order chi connectivity index (χ0) is 24.3. The SMILES string of the molecule is I.O=C1c2ccccc2-c2nn(C(=O)c3ccc(F)c(S(=O)(=O)N4CCOCC4)c3)c3cccc1c23. The summed E-state index contributed by atoms with van der Waals surface area (Å²) in [6.45, 7) is 0.626. The predicted octanol–water partition coefficient (Wildman–Crippen LogP) is 3.71. The number of fused-ring (bicyclic) bond motifs is 2. The fourth-order valence-corrected chi connectivity index (χ4v) is 6.12. The van der Waals surface area contributed by atoms with Crippen LogP contribution in [0.15, 0.2) is 65.6 Å². The molecule has 0 amide bonds. The lowest BCUT2D eigenvalue weighted by Crippen LogP contribution is -2.41. The Kier molecular flexibility index (Phi) is 6.27. The van der Waals surface area contributed by atoms with Crippen molar-refractivity contribution in [1.29, 1.82) is 0 Å². The third-order valence-corrected chi connectivity index (χ3v) is 8.25. The van der Waals surface area contributed by atoms with E-state index in [1.165, 1.54) is 6.07 Å². The number of sulfonamides is 1. The molecule has 1 saturated heterocycles. The molecule has 184 valence electrons. The molecule has 1 fully saturated rings. The Bertz CT molecular complexity index is 1660. The van der Waals surface area contributed by atoms with Crippen LogP contribution in [-0.4, -0.2) is 60.5 Å². The number of carbonyl (C=O) groups excluding carboxylic acids is 2. The minimum Gasteiger partial charge on any atom is -0.379 e. The molecular formula is C25H19FIN3O5S. The molecule has 1 aliphatic carbocycles. The van der Waals surface area contributed by atoms with Crippen molar-refractivity contribution in [3.05, 3.63) is 83.2 Å². The molecule has 1 aliphatic heterocycles. The highest BCUT2D eigenvalue weighted by atomic mass is 127. The zero-order valence-corrected chi connectivity index (χ0v) is 21.8. The fourth-order valence-electron chi connectivity index (χ4n) is 4.62. The molecule has 36 heavy (non-hydrogen) atoms. The van der Waals surface area contributed by atoms with E-state index in [0.717, 1.165) is 21.1 Å². The third-order valence-electron chi connectivity index (χ3n) is 6.34. The summed E-state index contributed by atoms with van der Waals surface area (Å²) >= 11 is 0. The first kappa shape index (κ1) is 24.7. The third kappa shape index (κ3) is 3.69. The van der Waals surface area contributed by atoms with Crippen molar-refractivity contribution in [3.8, 4) is 11.3 Å². The van der Waals surface area contributed by atoms with Gasteiger partial charge < -0.3 is 4.74 Å². The predicted molar refractivity (Wildman–Crippen MR) is 140 cm³/mol. The number of hydrogen-bond donors (Lipinski definition) is 0. The Morgan fingerprint density at radius 3 is 2.39 bits per heavy atom. The average molecular weight is 619 g/mol. The van der Waals surface area contributed by atoms with E-state index in [4.69, 9.17) is 4.74 Å². The van der Waals surface area contributed by atoms with Gasteiger partial charge in [-0.3, -0.25) is 9.59 Å². The molecule has 0 bridgehead atoms. The molecule has 3 aromatic carbocycles. The number of ether oxygens (including phenoxy) is 1. The van der Waals surface area contributed by atoms with Gasteiger partial charge in [-0.2, -0.15) is 14.1 Å². The maximum Gasteiger partial charge on any atom is 0.278 e. The van der Waals surface area contributed by atoms with Gasteiger partial charge in [-0.1, -0.05) is 36.4 Å². The number of nitrogens with zero attached hydrogens (tertiary/aromatic N) is 3. The number of benzene rings is 3. The smallest absolute Gasteiger partial charge is 0.278 e. The van der Waals surface area contributed by atoms with E-state index < -0.39 is 26.6 Å². The van der Waals surface area contributed by atoms with E-state index in [-0.39, 0.29) is 61.6 Å². The molecule has 0 N–H and O–H groups in total. The largest absolute Gasteiger partial charge is 0.379 e. The number of rotatable bonds is 3. The molecule has 0 unspecified atom stereocenters. The topological polar surface area (TPSA) is 98.6 Å².